The second kappa shape index (κ2) is 11.8. The van der Waals surface area contributed by atoms with E-state index in [0.29, 0.717) is 56.1 Å². The molecule has 4 aromatic rings. The molecule has 1 aliphatic rings. The summed E-state index contributed by atoms with van der Waals surface area (Å²) in [5.41, 5.74) is 5.36. The predicted octanol–water partition coefficient (Wildman–Crippen LogP) is 6.47. The number of benzene rings is 4. The van der Waals surface area contributed by atoms with Crippen molar-refractivity contribution in [1.29, 1.82) is 0 Å². The minimum absolute atomic E-state index is 0.00939. The van der Waals surface area contributed by atoms with Crippen LogP contribution in [-0.2, 0) is 28.6 Å². The van der Waals surface area contributed by atoms with Crippen LogP contribution < -0.4 is 10.6 Å². The number of carbonyl (C=O) groups excluding carboxylic acids is 2. The average molecular weight is 663 g/mol. The highest BCUT2D eigenvalue weighted by molar-refractivity contribution is 7.87. The van der Waals surface area contributed by atoms with E-state index in [1.165, 1.54) is 0 Å². The summed E-state index contributed by atoms with van der Waals surface area (Å²) in [6, 6.07) is 13.2. The zero-order valence-corrected chi connectivity index (χ0v) is 28.3. The molecule has 0 unspecified atom stereocenters. The van der Waals surface area contributed by atoms with Crippen LogP contribution in [0.5, 0.6) is 0 Å². The molecule has 240 valence electrons. The lowest BCUT2D eigenvalue weighted by Gasteiger charge is -2.26. The highest BCUT2D eigenvalue weighted by Crippen LogP contribution is 2.42. The number of anilines is 4. The fraction of sp³-hybridized carbons (Fsp3) is 0.235. The van der Waals surface area contributed by atoms with Crippen molar-refractivity contribution in [3.8, 4) is 0 Å². The number of hydrogen-bond acceptors (Lipinski definition) is 10. The smallest absolute Gasteiger partial charge is 0.297 e. The molecule has 12 heteroatoms. The normalized spacial score (nSPS) is 13.0. The molecule has 0 saturated heterocycles. The average Bonchev–Trinajstić information content (AvgIpc) is 2.99. The van der Waals surface area contributed by atoms with Gasteiger partial charge in [0.05, 0.1) is 36.7 Å². The molecular formula is C34H34N2O8S2. The first-order chi connectivity index (χ1) is 21.5. The fourth-order valence-corrected chi connectivity index (χ4v) is 8.55. The predicted molar refractivity (Wildman–Crippen MR) is 176 cm³/mol. The van der Waals surface area contributed by atoms with Gasteiger partial charge < -0.3 is 10.6 Å². The van der Waals surface area contributed by atoms with E-state index in [1.807, 2.05) is 13.8 Å². The molecule has 0 atom stereocenters. The summed E-state index contributed by atoms with van der Waals surface area (Å²) in [5.74, 6) is -0.799. The summed E-state index contributed by atoms with van der Waals surface area (Å²) in [4.78, 5) is 28.3. The Bertz CT molecular complexity index is 2050. The summed E-state index contributed by atoms with van der Waals surface area (Å²) >= 11 is 0. The van der Waals surface area contributed by atoms with Gasteiger partial charge in [-0.1, -0.05) is 36.4 Å². The van der Waals surface area contributed by atoms with Gasteiger partial charge in [0, 0.05) is 22.5 Å². The molecule has 0 bridgehead atoms. The van der Waals surface area contributed by atoms with Gasteiger partial charge in [0.2, 0.25) is 0 Å². The summed E-state index contributed by atoms with van der Waals surface area (Å²) in [6.45, 7) is 10.3. The summed E-state index contributed by atoms with van der Waals surface area (Å²) in [7, 11) is -5.93. The maximum Gasteiger partial charge on any atom is 0.297 e. The van der Waals surface area contributed by atoms with Crippen LogP contribution in [0.4, 0.5) is 22.7 Å². The van der Waals surface area contributed by atoms with Crippen molar-refractivity contribution in [2.24, 2.45) is 0 Å². The van der Waals surface area contributed by atoms with Gasteiger partial charge in [-0.25, -0.2) is 0 Å². The first kappa shape index (κ1) is 33.0. The van der Waals surface area contributed by atoms with E-state index in [-0.39, 0.29) is 32.0 Å². The molecule has 4 aromatic carbocycles. The van der Waals surface area contributed by atoms with E-state index in [0.717, 1.165) is 14.2 Å². The lowest BCUT2D eigenvalue weighted by atomic mass is 9.82. The Balaban J connectivity index is 1.75. The van der Waals surface area contributed by atoms with Crippen LogP contribution in [0.25, 0.3) is 0 Å². The van der Waals surface area contributed by atoms with Crippen LogP contribution in [0, 0.1) is 41.5 Å². The van der Waals surface area contributed by atoms with E-state index in [9.17, 15) is 26.4 Å². The van der Waals surface area contributed by atoms with Gasteiger partial charge in [0.15, 0.2) is 11.6 Å². The zero-order chi connectivity index (χ0) is 33.9. The minimum Gasteiger partial charge on any atom is -0.354 e. The van der Waals surface area contributed by atoms with Crippen molar-refractivity contribution in [3.63, 3.8) is 0 Å². The fourth-order valence-electron chi connectivity index (χ4n) is 6.36. The van der Waals surface area contributed by atoms with Crippen molar-refractivity contribution < 1.29 is 34.8 Å². The van der Waals surface area contributed by atoms with Gasteiger partial charge in [-0.2, -0.15) is 16.8 Å². The van der Waals surface area contributed by atoms with Crippen LogP contribution in [0.2, 0.25) is 0 Å². The van der Waals surface area contributed by atoms with Crippen LogP contribution in [0.15, 0.2) is 58.3 Å². The molecule has 0 amide bonds. The maximum atomic E-state index is 14.1. The minimum atomic E-state index is -4.06. The molecule has 5 rings (SSSR count). The van der Waals surface area contributed by atoms with E-state index in [4.69, 9.17) is 8.37 Å². The van der Waals surface area contributed by atoms with E-state index >= 15 is 0 Å². The first-order valence-electron chi connectivity index (χ1n) is 14.3. The Hall–Kier alpha value is -4.36. The zero-order valence-electron chi connectivity index (χ0n) is 26.7. The van der Waals surface area contributed by atoms with Crippen LogP contribution in [0.3, 0.4) is 0 Å². The van der Waals surface area contributed by atoms with Crippen LogP contribution in [0.1, 0.15) is 65.2 Å². The number of ketones is 2. The van der Waals surface area contributed by atoms with Gasteiger partial charge in [0.25, 0.3) is 20.2 Å². The Morgan fingerprint density at radius 2 is 0.891 bits per heavy atom. The van der Waals surface area contributed by atoms with E-state index in [1.54, 1.807) is 76.2 Å². The summed E-state index contributed by atoms with van der Waals surface area (Å²) < 4.78 is 60.9. The molecule has 10 nitrogen and oxygen atoms in total. The van der Waals surface area contributed by atoms with Crippen LogP contribution in [-0.4, -0.2) is 42.6 Å². The van der Waals surface area contributed by atoms with Crippen molar-refractivity contribution >= 4 is 54.6 Å². The number of aryl methyl sites for hydroxylation is 4. The number of hydrogen-bond donors (Lipinski definition) is 2. The molecule has 0 spiro atoms. The van der Waals surface area contributed by atoms with Gasteiger partial charge in [-0.15, -0.1) is 0 Å². The number of fused-ring (bicyclic) bond motifs is 2. The summed E-state index contributed by atoms with van der Waals surface area (Å²) in [6.07, 6.45) is 0. The Kier molecular flexibility index (Phi) is 8.45. The van der Waals surface area contributed by atoms with Crippen molar-refractivity contribution in [2.45, 2.75) is 51.3 Å². The second-order valence-electron chi connectivity index (χ2n) is 11.3. The molecule has 0 heterocycles. The Morgan fingerprint density at radius 1 is 0.543 bits per heavy atom. The molecule has 46 heavy (non-hydrogen) atoms. The largest absolute Gasteiger partial charge is 0.354 e. The van der Waals surface area contributed by atoms with Gasteiger partial charge >= 0.3 is 0 Å². The number of rotatable bonds is 8. The number of carbonyl (C=O) groups is 2. The molecule has 0 saturated carbocycles. The SMILES string of the molecule is COS(=O)(=O)c1c(C)cc(C)c(Nc2ccc(Nc3c(C)cc(C)c(S(=O)(=O)OC)c3C)c3c2C(=O)c2ccccc2C3=O)c1C. The van der Waals surface area contributed by atoms with Gasteiger partial charge in [-0.3, -0.25) is 18.0 Å². The lowest BCUT2D eigenvalue weighted by Crippen LogP contribution is -2.24. The van der Waals surface area contributed by atoms with Crippen molar-refractivity contribution in [3.05, 3.63) is 104 Å². The third-order valence-electron chi connectivity index (χ3n) is 8.34. The van der Waals surface area contributed by atoms with Crippen LogP contribution >= 0.6 is 0 Å². The topological polar surface area (TPSA) is 145 Å². The molecule has 0 aliphatic heterocycles. The Labute approximate surface area is 269 Å². The third-order valence-corrected chi connectivity index (χ3v) is 11.5. The molecular weight excluding hydrogens is 629 g/mol. The van der Waals surface area contributed by atoms with E-state index in [2.05, 4.69) is 10.6 Å². The lowest BCUT2D eigenvalue weighted by molar-refractivity contribution is 0.0980. The van der Waals surface area contributed by atoms with Gasteiger partial charge in [-0.05, 0) is 87.1 Å². The molecule has 1 aliphatic carbocycles. The molecule has 2 N–H and O–H groups in total. The Morgan fingerprint density at radius 3 is 1.22 bits per heavy atom. The third kappa shape index (κ3) is 5.30. The molecule has 0 aromatic heterocycles. The summed E-state index contributed by atoms with van der Waals surface area (Å²) in [5, 5.41) is 6.51. The van der Waals surface area contributed by atoms with Crippen molar-refractivity contribution in [2.75, 3.05) is 24.9 Å². The monoisotopic (exact) mass is 662 g/mol. The first-order valence-corrected chi connectivity index (χ1v) is 17.1. The van der Waals surface area contributed by atoms with Crippen molar-refractivity contribution in [1.82, 2.24) is 0 Å². The van der Waals surface area contributed by atoms with Gasteiger partial charge in [0.1, 0.15) is 9.79 Å². The molecule has 0 radical (unpaired) electrons. The highest BCUT2D eigenvalue weighted by atomic mass is 32.2. The standard InChI is InChI=1S/C34H34N2O8S2/c1-17-15-19(3)33(45(39,40)43-7)21(5)29(17)35-25-13-14-26(28-27(25)31(37)23-11-9-10-12-24(23)32(28)38)36-30-18(2)16-20(4)34(22(30)6)46(41,42)44-8/h9-16,35-36H,1-8H3. The van der Waals surface area contributed by atoms with E-state index < -0.39 is 31.8 Å². The highest BCUT2D eigenvalue weighted by Gasteiger charge is 2.35. The number of nitrogens with one attached hydrogen (secondary N) is 2. The second-order valence-corrected chi connectivity index (χ2v) is 14.6. The molecule has 0 fully saturated rings. The maximum absolute atomic E-state index is 14.1. The quantitative estimate of drug-likeness (QED) is 0.177.